The summed E-state index contributed by atoms with van der Waals surface area (Å²) in [6.45, 7) is 12.7. The molecule has 4 aliphatic rings. The number of carbonyl (C=O) groups is 3. The Morgan fingerprint density at radius 2 is 1.71 bits per heavy atom. The van der Waals surface area contributed by atoms with E-state index in [1.54, 1.807) is 0 Å². The first-order chi connectivity index (χ1) is 14.2. The lowest BCUT2D eigenvalue weighted by atomic mass is 9.39. The molecule has 172 valence electrons. The fourth-order valence-corrected chi connectivity index (χ4v) is 8.31. The zero-order valence-corrected chi connectivity index (χ0v) is 19.1. The maximum Gasteiger partial charge on any atom is 0.303 e. The van der Waals surface area contributed by atoms with Crippen molar-refractivity contribution in [2.45, 2.75) is 90.6 Å². The van der Waals surface area contributed by atoms with Crippen LogP contribution in [0.4, 0.5) is 0 Å². The summed E-state index contributed by atoms with van der Waals surface area (Å²) in [5.41, 5.74) is -3.12. The molecule has 0 unspecified atom stereocenters. The highest BCUT2D eigenvalue weighted by Gasteiger charge is 2.74. The Morgan fingerprint density at radius 1 is 1.10 bits per heavy atom. The molecular formula is C24H34O7. The Balaban J connectivity index is 1.84. The van der Waals surface area contributed by atoms with Crippen LogP contribution < -0.4 is 0 Å². The molecule has 8 atom stereocenters. The third-order valence-electron chi connectivity index (χ3n) is 9.03. The Morgan fingerprint density at radius 3 is 2.29 bits per heavy atom. The minimum Gasteiger partial charge on any atom is -0.462 e. The first-order valence-electron chi connectivity index (χ1n) is 11.2. The van der Waals surface area contributed by atoms with Gasteiger partial charge in [-0.2, -0.15) is 0 Å². The normalized spacial score (nSPS) is 47.9. The number of rotatable bonds is 2. The molecule has 1 spiro atoms. The summed E-state index contributed by atoms with van der Waals surface area (Å²) in [7, 11) is 0. The fourth-order valence-electron chi connectivity index (χ4n) is 8.31. The molecule has 0 saturated heterocycles. The van der Waals surface area contributed by atoms with Crippen LogP contribution in [-0.4, -0.2) is 51.8 Å². The van der Waals surface area contributed by atoms with Gasteiger partial charge < -0.3 is 19.7 Å². The zero-order chi connectivity index (χ0) is 23.1. The van der Waals surface area contributed by atoms with Crippen molar-refractivity contribution in [3.8, 4) is 0 Å². The molecule has 0 aromatic rings. The van der Waals surface area contributed by atoms with Crippen molar-refractivity contribution in [1.82, 2.24) is 0 Å². The SMILES string of the molecule is C=C1C(=O)[C@@]23CC[C@@H]4C(C)(C)[C@@H](OC(C)=O)[C@@H](O)C[C@@]4(C)[C@@H]2[C@@H](OC(C)=O)C[C@]1(O)C3. The molecule has 4 aliphatic carbocycles. The Bertz CT molecular complexity index is 862. The lowest BCUT2D eigenvalue weighted by Crippen LogP contribution is -2.68. The number of carbonyl (C=O) groups excluding carboxylic acids is 3. The van der Waals surface area contributed by atoms with Gasteiger partial charge in [0.1, 0.15) is 12.2 Å². The van der Waals surface area contributed by atoms with Gasteiger partial charge in [0.05, 0.1) is 11.7 Å². The average molecular weight is 435 g/mol. The van der Waals surface area contributed by atoms with Crippen molar-refractivity contribution in [2.75, 3.05) is 0 Å². The lowest BCUT2D eigenvalue weighted by Gasteiger charge is -2.66. The lowest BCUT2D eigenvalue weighted by molar-refractivity contribution is -0.250. The predicted molar refractivity (Wildman–Crippen MR) is 111 cm³/mol. The van der Waals surface area contributed by atoms with E-state index in [0.29, 0.717) is 19.3 Å². The van der Waals surface area contributed by atoms with Gasteiger partial charge in [-0.25, -0.2) is 0 Å². The van der Waals surface area contributed by atoms with Crippen LogP contribution in [0.15, 0.2) is 12.2 Å². The average Bonchev–Trinajstić information content (AvgIpc) is 2.75. The van der Waals surface area contributed by atoms with Crippen LogP contribution in [0.5, 0.6) is 0 Å². The van der Waals surface area contributed by atoms with E-state index in [2.05, 4.69) is 13.5 Å². The van der Waals surface area contributed by atoms with Crippen molar-refractivity contribution >= 4 is 17.7 Å². The molecule has 4 saturated carbocycles. The number of hydrogen-bond acceptors (Lipinski definition) is 7. The molecule has 4 fully saturated rings. The van der Waals surface area contributed by atoms with E-state index in [1.165, 1.54) is 13.8 Å². The molecular weight excluding hydrogens is 400 g/mol. The summed E-state index contributed by atoms with van der Waals surface area (Å²) in [6, 6.07) is 0. The van der Waals surface area contributed by atoms with E-state index in [-0.39, 0.29) is 36.0 Å². The van der Waals surface area contributed by atoms with Crippen LogP contribution in [0.2, 0.25) is 0 Å². The van der Waals surface area contributed by atoms with Crippen molar-refractivity contribution in [3.63, 3.8) is 0 Å². The predicted octanol–water partition coefficient (Wildman–Crippen LogP) is 2.32. The largest absolute Gasteiger partial charge is 0.462 e. The van der Waals surface area contributed by atoms with Gasteiger partial charge in [0.2, 0.25) is 0 Å². The maximum absolute atomic E-state index is 13.5. The number of esters is 2. The van der Waals surface area contributed by atoms with E-state index in [0.717, 1.165) is 0 Å². The second-order valence-electron chi connectivity index (χ2n) is 11.2. The van der Waals surface area contributed by atoms with Crippen LogP contribution in [0.25, 0.3) is 0 Å². The smallest absolute Gasteiger partial charge is 0.303 e. The second-order valence-corrected chi connectivity index (χ2v) is 11.2. The van der Waals surface area contributed by atoms with Crippen LogP contribution in [0, 0.1) is 28.1 Å². The maximum atomic E-state index is 13.5. The van der Waals surface area contributed by atoms with Crippen molar-refractivity contribution in [2.24, 2.45) is 28.1 Å². The summed E-state index contributed by atoms with van der Waals surface area (Å²) in [5.74, 6) is -1.36. The molecule has 0 aromatic heterocycles. The minimum absolute atomic E-state index is 0.0225. The van der Waals surface area contributed by atoms with E-state index in [9.17, 15) is 24.6 Å². The number of ketones is 1. The number of hydrogen-bond donors (Lipinski definition) is 2. The fraction of sp³-hybridized carbons (Fsp3) is 0.792. The third kappa shape index (κ3) is 2.88. The summed E-state index contributed by atoms with van der Waals surface area (Å²) in [4.78, 5) is 37.2. The summed E-state index contributed by atoms with van der Waals surface area (Å²) >= 11 is 0. The van der Waals surface area contributed by atoms with Crippen LogP contribution in [0.3, 0.4) is 0 Å². The number of aliphatic hydroxyl groups is 2. The summed E-state index contributed by atoms with van der Waals surface area (Å²) < 4.78 is 11.3. The molecule has 0 aliphatic heterocycles. The zero-order valence-electron chi connectivity index (χ0n) is 19.1. The molecule has 0 aromatic carbocycles. The van der Waals surface area contributed by atoms with Gasteiger partial charge in [0.15, 0.2) is 5.78 Å². The van der Waals surface area contributed by atoms with Gasteiger partial charge in [0.25, 0.3) is 0 Å². The molecule has 7 nitrogen and oxygen atoms in total. The molecule has 2 bridgehead atoms. The Kier molecular flexibility index (Phi) is 4.81. The standard InChI is InChI=1S/C24H34O7/c1-12-19(28)23-8-7-17-21(4,5)20(31-14(3)26)15(27)9-22(17,6)18(23)16(30-13(2)25)10-24(12,29)11-23/h15-18,20,27,29H,1,7-11H2,2-6H3/t15-,16-,17+,18-,20-,22+,23+,24-/m0/s1. The molecule has 0 heterocycles. The van der Waals surface area contributed by atoms with Crippen molar-refractivity contribution in [3.05, 3.63) is 12.2 Å². The first kappa shape index (κ1) is 22.5. The molecule has 2 N–H and O–H groups in total. The van der Waals surface area contributed by atoms with Gasteiger partial charge in [-0.15, -0.1) is 0 Å². The quantitative estimate of drug-likeness (QED) is 0.507. The highest BCUT2D eigenvalue weighted by Crippen LogP contribution is 2.72. The number of fused-ring (bicyclic) bond motifs is 3. The van der Waals surface area contributed by atoms with Crippen LogP contribution in [0.1, 0.15) is 66.7 Å². The monoisotopic (exact) mass is 434 g/mol. The highest BCUT2D eigenvalue weighted by atomic mass is 16.6. The van der Waals surface area contributed by atoms with Crippen molar-refractivity contribution < 1.29 is 34.1 Å². The number of ether oxygens (including phenoxy) is 2. The number of Topliss-reactive ketones (excluding diaryl/α,β-unsaturated/α-hetero) is 1. The highest BCUT2D eigenvalue weighted by molar-refractivity contribution is 6.05. The van der Waals surface area contributed by atoms with E-state index in [1.807, 2.05) is 13.8 Å². The minimum atomic E-state index is -1.36. The van der Waals surface area contributed by atoms with E-state index in [4.69, 9.17) is 9.47 Å². The third-order valence-corrected chi connectivity index (χ3v) is 9.03. The first-order valence-corrected chi connectivity index (χ1v) is 11.2. The second kappa shape index (κ2) is 6.64. The molecule has 0 amide bonds. The van der Waals surface area contributed by atoms with E-state index >= 15 is 0 Å². The van der Waals surface area contributed by atoms with Gasteiger partial charge in [-0.1, -0.05) is 27.4 Å². The summed E-state index contributed by atoms with van der Waals surface area (Å²) in [6.07, 6.45) is -0.244. The summed E-state index contributed by atoms with van der Waals surface area (Å²) in [5, 5.41) is 22.3. The Labute approximate surface area is 183 Å². The van der Waals surface area contributed by atoms with Gasteiger partial charge in [-0.3, -0.25) is 14.4 Å². The number of aliphatic hydroxyl groups excluding tert-OH is 1. The van der Waals surface area contributed by atoms with Crippen molar-refractivity contribution in [1.29, 1.82) is 0 Å². The van der Waals surface area contributed by atoms with Crippen LogP contribution in [-0.2, 0) is 23.9 Å². The molecule has 7 heteroatoms. The molecule has 4 rings (SSSR count). The van der Waals surface area contributed by atoms with Gasteiger partial charge in [-0.05, 0) is 37.0 Å². The van der Waals surface area contributed by atoms with Crippen LogP contribution >= 0.6 is 0 Å². The Hall–Kier alpha value is -1.73. The van der Waals surface area contributed by atoms with Gasteiger partial charge in [0, 0.05) is 42.6 Å². The van der Waals surface area contributed by atoms with Gasteiger partial charge >= 0.3 is 11.9 Å². The molecule has 31 heavy (non-hydrogen) atoms. The van der Waals surface area contributed by atoms with E-state index < -0.39 is 52.1 Å². The molecule has 0 radical (unpaired) electrons. The topological polar surface area (TPSA) is 110 Å².